The van der Waals surface area contributed by atoms with Crippen LogP contribution in [0.3, 0.4) is 0 Å². The van der Waals surface area contributed by atoms with E-state index >= 15 is 0 Å². The van der Waals surface area contributed by atoms with Crippen molar-refractivity contribution in [3.05, 3.63) is 41.5 Å². The predicted octanol–water partition coefficient (Wildman–Crippen LogP) is -1.70. The van der Waals surface area contributed by atoms with E-state index in [1.165, 1.54) is 23.0 Å². The standard InChI is InChI=1S/C28H36N4O10/c1-15(34)20(25(36)29-10-11-33)30-27(38)28-12-18-21-22(40-14-39-21)24(28)42-32(23(28)26(37)41-18)13-17-6-4-16(5-7-17)8-9-19(35)31(2)3/h4-9,15,18,20-24,33-34H,10-14H2,1-3H3,(H,29,36)(H,30,38). The molecule has 4 aliphatic rings. The molecule has 42 heavy (non-hydrogen) atoms. The number of nitrogens with zero attached hydrogens (tertiary/aromatic N) is 2. The Labute approximate surface area is 242 Å². The molecule has 2 bridgehead atoms. The molecule has 3 aliphatic heterocycles. The largest absolute Gasteiger partial charge is 0.458 e. The third kappa shape index (κ3) is 5.41. The molecule has 0 radical (unpaired) electrons. The molecule has 4 fully saturated rings. The Morgan fingerprint density at radius 2 is 1.90 bits per heavy atom. The molecule has 3 amide bonds. The number of aliphatic hydroxyl groups excluding tert-OH is 2. The Hall–Kier alpha value is -3.40. The van der Waals surface area contributed by atoms with Gasteiger partial charge in [-0.25, -0.2) is 0 Å². The fourth-order valence-electron chi connectivity index (χ4n) is 6.03. The molecule has 0 spiro atoms. The zero-order valence-electron chi connectivity index (χ0n) is 23.6. The minimum absolute atomic E-state index is 0.0588. The summed E-state index contributed by atoms with van der Waals surface area (Å²) >= 11 is 0. The number of ether oxygens (including phenoxy) is 3. The number of rotatable bonds is 10. The number of esters is 1. The van der Waals surface area contributed by atoms with E-state index in [9.17, 15) is 24.3 Å². The van der Waals surface area contributed by atoms with Crippen LogP contribution >= 0.6 is 0 Å². The van der Waals surface area contributed by atoms with Crippen LogP contribution in [0.25, 0.3) is 6.08 Å². The maximum Gasteiger partial charge on any atom is 0.327 e. The van der Waals surface area contributed by atoms with Crippen molar-refractivity contribution in [1.82, 2.24) is 20.6 Å². The first-order valence-electron chi connectivity index (χ1n) is 13.8. The van der Waals surface area contributed by atoms with Crippen LogP contribution in [0.15, 0.2) is 30.3 Å². The summed E-state index contributed by atoms with van der Waals surface area (Å²) in [5, 5.41) is 25.9. The molecule has 0 aromatic heterocycles. The van der Waals surface area contributed by atoms with Crippen molar-refractivity contribution >= 4 is 29.8 Å². The average molecular weight is 589 g/mol. The third-order valence-electron chi connectivity index (χ3n) is 8.13. The minimum atomic E-state index is -1.51. The second kappa shape index (κ2) is 12.1. The molecule has 4 N–H and O–H groups in total. The van der Waals surface area contributed by atoms with Gasteiger partial charge in [0.1, 0.15) is 42.7 Å². The van der Waals surface area contributed by atoms with Crippen LogP contribution in [0.5, 0.6) is 0 Å². The Balaban J connectivity index is 1.42. The third-order valence-corrected chi connectivity index (χ3v) is 8.13. The molecule has 14 heteroatoms. The highest BCUT2D eigenvalue weighted by molar-refractivity contribution is 5.96. The van der Waals surface area contributed by atoms with Crippen molar-refractivity contribution in [3.63, 3.8) is 0 Å². The van der Waals surface area contributed by atoms with E-state index in [2.05, 4.69) is 10.6 Å². The number of carbonyl (C=O) groups is 4. The number of carbonyl (C=O) groups excluding carboxylic acids is 4. The van der Waals surface area contributed by atoms with Crippen LogP contribution in [-0.4, -0.2) is 121 Å². The van der Waals surface area contributed by atoms with Gasteiger partial charge >= 0.3 is 5.97 Å². The lowest BCUT2D eigenvalue weighted by molar-refractivity contribution is -0.201. The monoisotopic (exact) mass is 588 g/mol. The van der Waals surface area contributed by atoms with Gasteiger partial charge in [-0.05, 0) is 24.1 Å². The first-order chi connectivity index (χ1) is 20.1. The van der Waals surface area contributed by atoms with Gasteiger partial charge in [-0.3, -0.25) is 24.0 Å². The van der Waals surface area contributed by atoms with Gasteiger partial charge in [0, 0.05) is 33.1 Å². The summed E-state index contributed by atoms with van der Waals surface area (Å²) < 4.78 is 17.3. The zero-order chi connectivity index (χ0) is 30.2. The number of hydroxylamine groups is 2. The zero-order valence-corrected chi connectivity index (χ0v) is 23.6. The van der Waals surface area contributed by atoms with Crippen molar-refractivity contribution in [3.8, 4) is 0 Å². The van der Waals surface area contributed by atoms with Crippen molar-refractivity contribution in [2.45, 2.75) is 62.5 Å². The summed E-state index contributed by atoms with van der Waals surface area (Å²) in [5.41, 5.74) is 0.0541. The van der Waals surface area contributed by atoms with E-state index in [0.29, 0.717) is 0 Å². The van der Waals surface area contributed by atoms with E-state index in [1.54, 1.807) is 20.2 Å². The highest BCUT2D eigenvalue weighted by Gasteiger charge is 2.74. The normalized spacial score (nSPS) is 31.3. The van der Waals surface area contributed by atoms with Gasteiger partial charge in [-0.1, -0.05) is 24.3 Å². The van der Waals surface area contributed by atoms with Crippen LogP contribution in [-0.2, 0) is 44.8 Å². The topological polar surface area (TPSA) is 176 Å². The highest BCUT2D eigenvalue weighted by Crippen LogP contribution is 2.55. The van der Waals surface area contributed by atoms with Crippen LogP contribution < -0.4 is 10.6 Å². The number of likely N-dealkylation sites (N-methyl/N-ethyl adjacent to an activating group) is 1. The number of hydrogen-bond donors (Lipinski definition) is 4. The van der Waals surface area contributed by atoms with Crippen LogP contribution in [0, 0.1) is 5.41 Å². The molecule has 1 aliphatic carbocycles. The van der Waals surface area contributed by atoms with Crippen LogP contribution in [0.1, 0.15) is 24.5 Å². The minimum Gasteiger partial charge on any atom is -0.458 e. The summed E-state index contributed by atoms with van der Waals surface area (Å²) in [6.45, 7) is 1.04. The molecule has 3 heterocycles. The lowest BCUT2D eigenvalue weighted by atomic mass is 9.62. The maximum atomic E-state index is 14.1. The van der Waals surface area contributed by atoms with E-state index in [-0.39, 0.29) is 38.8 Å². The maximum absolute atomic E-state index is 14.1. The lowest BCUT2D eigenvalue weighted by Crippen LogP contribution is -2.71. The van der Waals surface area contributed by atoms with Gasteiger partial charge in [-0.2, -0.15) is 5.06 Å². The van der Waals surface area contributed by atoms with Gasteiger partial charge in [-0.15, -0.1) is 0 Å². The summed E-state index contributed by atoms with van der Waals surface area (Å²) in [4.78, 5) is 60.0. The van der Waals surface area contributed by atoms with Crippen molar-refractivity contribution in [2.75, 3.05) is 34.0 Å². The Morgan fingerprint density at radius 1 is 1.19 bits per heavy atom. The number of benzene rings is 1. The number of hydrogen-bond acceptors (Lipinski definition) is 11. The molecule has 3 saturated heterocycles. The van der Waals surface area contributed by atoms with Gasteiger partial charge in [0.05, 0.1) is 19.3 Å². The fraction of sp³-hybridized carbons (Fsp3) is 0.571. The number of amides is 3. The van der Waals surface area contributed by atoms with E-state index in [4.69, 9.17) is 24.2 Å². The fourth-order valence-corrected chi connectivity index (χ4v) is 6.03. The Morgan fingerprint density at radius 3 is 2.57 bits per heavy atom. The Kier molecular flexibility index (Phi) is 8.64. The SMILES string of the molecule is CC(O)C(NC(=O)C12CC3OC(=O)C1N(Cc1ccc(C=CC(=O)N(C)C)cc1)OC2C1OCOC31)C(=O)NCCO. The van der Waals surface area contributed by atoms with Gasteiger partial charge < -0.3 is 40.0 Å². The Bertz CT molecular complexity index is 1240. The molecule has 14 nitrogen and oxygen atoms in total. The van der Waals surface area contributed by atoms with Crippen LogP contribution in [0.4, 0.5) is 0 Å². The molecule has 8 unspecified atom stereocenters. The molecule has 1 aromatic carbocycles. The molecular weight excluding hydrogens is 552 g/mol. The molecule has 1 saturated carbocycles. The molecule has 1 aromatic rings. The van der Waals surface area contributed by atoms with Gasteiger partial charge in [0.15, 0.2) is 6.04 Å². The molecular formula is C28H36N4O10. The first-order valence-corrected chi connectivity index (χ1v) is 13.8. The smallest absolute Gasteiger partial charge is 0.327 e. The van der Waals surface area contributed by atoms with Crippen molar-refractivity contribution in [1.29, 1.82) is 0 Å². The lowest BCUT2D eigenvalue weighted by Gasteiger charge is -2.49. The second-order valence-corrected chi connectivity index (χ2v) is 11.1. The second-order valence-electron chi connectivity index (χ2n) is 11.1. The number of aliphatic hydroxyl groups is 2. The average Bonchev–Trinajstić information content (AvgIpc) is 3.58. The predicted molar refractivity (Wildman–Crippen MR) is 144 cm³/mol. The summed E-state index contributed by atoms with van der Waals surface area (Å²) in [7, 11) is 3.33. The van der Waals surface area contributed by atoms with Crippen molar-refractivity contribution in [2.24, 2.45) is 5.41 Å². The number of fused-ring (bicyclic) bond motifs is 4. The summed E-state index contributed by atoms with van der Waals surface area (Å²) in [6, 6.07) is 4.76. The van der Waals surface area contributed by atoms with E-state index in [1.807, 2.05) is 24.3 Å². The molecule has 8 atom stereocenters. The number of nitrogens with one attached hydrogen (secondary N) is 2. The quantitative estimate of drug-likeness (QED) is 0.181. The van der Waals surface area contributed by atoms with Crippen molar-refractivity contribution < 1.29 is 48.4 Å². The van der Waals surface area contributed by atoms with Crippen LogP contribution in [0.2, 0.25) is 0 Å². The highest BCUT2D eigenvalue weighted by atomic mass is 16.8. The summed E-state index contributed by atoms with van der Waals surface area (Å²) in [6.07, 6.45) is -1.10. The van der Waals surface area contributed by atoms with Gasteiger partial charge in [0.2, 0.25) is 17.7 Å². The molecule has 228 valence electrons. The first kappa shape index (κ1) is 30.1. The van der Waals surface area contributed by atoms with Gasteiger partial charge in [0.25, 0.3) is 0 Å². The molecule has 5 rings (SSSR count). The van der Waals surface area contributed by atoms with E-state index in [0.717, 1.165) is 11.1 Å². The summed E-state index contributed by atoms with van der Waals surface area (Å²) in [5.74, 6) is -2.16. The van der Waals surface area contributed by atoms with E-state index < -0.39 is 65.8 Å².